The Hall–Kier alpha value is -4.15. The van der Waals surface area contributed by atoms with Crippen LogP contribution in [0.15, 0.2) is 53.0 Å². The van der Waals surface area contributed by atoms with Crippen LogP contribution in [0.5, 0.6) is 5.75 Å². The predicted molar refractivity (Wildman–Crippen MR) is 166 cm³/mol. The first-order valence-electron chi connectivity index (χ1n) is 15.3. The molecular formula is C37H40O7. The number of benzene rings is 2. The van der Waals surface area contributed by atoms with Crippen molar-refractivity contribution in [3.05, 3.63) is 86.4 Å². The molecule has 44 heavy (non-hydrogen) atoms. The van der Waals surface area contributed by atoms with Crippen LogP contribution in [0.25, 0.3) is 0 Å². The van der Waals surface area contributed by atoms with Crippen LogP contribution >= 0.6 is 0 Å². The number of aromatic hydroxyl groups is 1. The summed E-state index contributed by atoms with van der Waals surface area (Å²) >= 11 is 0. The smallest absolute Gasteiger partial charge is 0.209 e. The van der Waals surface area contributed by atoms with Crippen LogP contribution in [0.3, 0.4) is 0 Å². The Morgan fingerprint density at radius 3 is 2.20 bits per heavy atom. The molecule has 7 heteroatoms. The summed E-state index contributed by atoms with van der Waals surface area (Å²) in [5.74, 6) is 0.787. The van der Waals surface area contributed by atoms with Crippen molar-refractivity contribution in [2.75, 3.05) is 0 Å². The van der Waals surface area contributed by atoms with Gasteiger partial charge in [-0.1, -0.05) is 65.5 Å². The number of aliphatic hydroxyl groups excluding tert-OH is 2. The summed E-state index contributed by atoms with van der Waals surface area (Å²) in [4.78, 5) is 40.8. The van der Waals surface area contributed by atoms with Crippen molar-refractivity contribution in [3.8, 4) is 17.6 Å². The fraction of sp³-hybridized carbons (Fsp3) is 0.432. The van der Waals surface area contributed by atoms with Crippen LogP contribution in [0, 0.1) is 34.5 Å². The molecule has 0 aliphatic heterocycles. The minimum atomic E-state index is -2.64. The van der Waals surface area contributed by atoms with Gasteiger partial charge in [0, 0.05) is 27.9 Å². The minimum Gasteiger partial charge on any atom is -0.511 e. The zero-order valence-corrected chi connectivity index (χ0v) is 26.4. The monoisotopic (exact) mass is 596 g/mol. The van der Waals surface area contributed by atoms with Gasteiger partial charge in [-0.2, -0.15) is 0 Å². The average Bonchev–Trinajstić information content (AvgIpc) is 2.94. The molecule has 0 radical (unpaired) electrons. The van der Waals surface area contributed by atoms with Crippen molar-refractivity contribution in [1.29, 1.82) is 0 Å². The van der Waals surface area contributed by atoms with E-state index in [2.05, 4.69) is 18.8 Å². The highest BCUT2D eigenvalue weighted by molar-refractivity contribution is 6.25. The highest BCUT2D eigenvalue weighted by Crippen LogP contribution is 2.65. The third-order valence-electron chi connectivity index (χ3n) is 10.2. The molecule has 0 fully saturated rings. The molecule has 0 saturated carbocycles. The summed E-state index contributed by atoms with van der Waals surface area (Å²) in [6.07, 6.45) is 1.75. The second kappa shape index (κ2) is 10.5. The maximum Gasteiger partial charge on any atom is 0.209 e. The van der Waals surface area contributed by atoms with Crippen molar-refractivity contribution >= 4 is 17.3 Å². The van der Waals surface area contributed by atoms with E-state index in [9.17, 15) is 34.8 Å². The van der Waals surface area contributed by atoms with Crippen molar-refractivity contribution in [2.24, 2.45) is 22.7 Å². The Bertz CT molecular complexity index is 1750. The summed E-state index contributed by atoms with van der Waals surface area (Å²) in [7, 11) is 0. The summed E-state index contributed by atoms with van der Waals surface area (Å²) in [5, 5.41) is 46.9. The van der Waals surface area contributed by atoms with Crippen molar-refractivity contribution < 1.29 is 34.8 Å². The third-order valence-corrected chi connectivity index (χ3v) is 10.2. The molecule has 3 aliphatic rings. The van der Waals surface area contributed by atoms with E-state index in [1.807, 2.05) is 45.0 Å². The normalized spacial score (nSPS) is 27.9. The first-order chi connectivity index (χ1) is 20.6. The van der Waals surface area contributed by atoms with Gasteiger partial charge < -0.3 is 20.4 Å². The number of hydrogen-bond acceptors (Lipinski definition) is 7. The Kier molecular flexibility index (Phi) is 7.46. The van der Waals surface area contributed by atoms with Gasteiger partial charge in [-0.15, -0.1) is 0 Å². The lowest BCUT2D eigenvalue weighted by Crippen LogP contribution is -2.67. The second-order valence-electron chi connectivity index (χ2n) is 13.4. The molecule has 230 valence electrons. The summed E-state index contributed by atoms with van der Waals surface area (Å²) in [6.45, 7) is 12.2. The Morgan fingerprint density at radius 1 is 1.02 bits per heavy atom. The van der Waals surface area contributed by atoms with Crippen LogP contribution < -0.4 is 0 Å². The molecule has 0 bridgehead atoms. The molecule has 1 unspecified atom stereocenters. The van der Waals surface area contributed by atoms with Gasteiger partial charge in [-0.3, -0.25) is 14.4 Å². The number of phenols is 1. The molecule has 2 aromatic rings. The number of fused-ring (bicyclic) bond motifs is 3. The molecule has 4 N–H and O–H groups in total. The van der Waals surface area contributed by atoms with Crippen LogP contribution in [-0.2, 0) is 28.9 Å². The summed E-state index contributed by atoms with van der Waals surface area (Å²) in [5.41, 5.74) is -2.24. The minimum absolute atomic E-state index is 0.00458. The topological polar surface area (TPSA) is 132 Å². The molecule has 0 amide bonds. The number of rotatable bonds is 4. The van der Waals surface area contributed by atoms with Gasteiger partial charge >= 0.3 is 0 Å². The lowest BCUT2D eigenvalue weighted by Gasteiger charge is -2.59. The number of ketones is 3. The first-order valence-corrected chi connectivity index (χ1v) is 15.3. The average molecular weight is 597 g/mol. The number of aliphatic hydroxyl groups is 3. The number of Topliss-reactive ketones (excluding diaryl/α,β-unsaturated/α-hetero) is 3. The maximum atomic E-state index is 14.4. The lowest BCUT2D eigenvalue weighted by atomic mass is 9.44. The van der Waals surface area contributed by atoms with E-state index in [1.54, 1.807) is 19.9 Å². The van der Waals surface area contributed by atoms with E-state index in [4.69, 9.17) is 0 Å². The Balaban J connectivity index is 1.73. The summed E-state index contributed by atoms with van der Waals surface area (Å²) < 4.78 is 0. The number of aryl methyl sites for hydroxylation is 2. The quantitative estimate of drug-likeness (QED) is 0.256. The number of allylic oxidation sites excluding steroid dienone is 2. The molecule has 2 aromatic carbocycles. The molecule has 5 rings (SSSR count). The van der Waals surface area contributed by atoms with Crippen molar-refractivity contribution in [1.82, 2.24) is 0 Å². The number of carbonyl (C=O) groups is 3. The maximum absolute atomic E-state index is 14.4. The molecule has 0 aromatic heterocycles. The fourth-order valence-corrected chi connectivity index (χ4v) is 8.25. The van der Waals surface area contributed by atoms with Gasteiger partial charge in [0.05, 0.1) is 11.1 Å². The molecule has 3 aliphatic carbocycles. The van der Waals surface area contributed by atoms with E-state index in [0.29, 0.717) is 12.0 Å². The molecule has 0 spiro atoms. The van der Waals surface area contributed by atoms with Crippen LogP contribution in [-0.4, -0.2) is 43.4 Å². The highest BCUT2D eigenvalue weighted by atomic mass is 16.3. The van der Waals surface area contributed by atoms with E-state index in [-0.39, 0.29) is 41.2 Å². The van der Waals surface area contributed by atoms with E-state index < -0.39 is 56.8 Å². The lowest BCUT2D eigenvalue weighted by molar-refractivity contribution is -0.171. The van der Waals surface area contributed by atoms with Gasteiger partial charge in [-0.05, 0) is 73.4 Å². The van der Waals surface area contributed by atoms with Crippen LogP contribution in [0.2, 0.25) is 0 Å². The number of hydrogen-bond donors (Lipinski definition) is 4. The number of phenolic OH excluding ortho intramolecular Hbond substituents is 1. The van der Waals surface area contributed by atoms with Crippen molar-refractivity contribution in [3.63, 3.8) is 0 Å². The second-order valence-corrected chi connectivity index (χ2v) is 13.4. The van der Waals surface area contributed by atoms with E-state index in [0.717, 1.165) is 24.5 Å². The van der Waals surface area contributed by atoms with Crippen molar-refractivity contribution in [2.45, 2.75) is 79.8 Å². The zero-order valence-electron chi connectivity index (χ0n) is 26.4. The van der Waals surface area contributed by atoms with E-state index >= 15 is 0 Å². The summed E-state index contributed by atoms with van der Waals surface area (Å²) in [6, 6.07) is 9.56. The molecule has 0 heterocycles. The van der Waals surface area contributed by atoms with Gasteiger partial charge in [0.25, 0.3) is 0 Å². The standard InChI is InChI=1S/C37H40O7/c1-8-21-10-12-22(13-11-21)14-15-24-16-23(9-2)25-17-35(6)18-36(7)28(19(3)4)31(40)26(20(5)38)33(42)37(36,44)34(43)29(35)32(41)27(25)30(24)39/h10-13,16,19,28,39-40,43-44H,8-9,17-18H2,1-7H3/t28?,35-,36-,37+/m1/s1. The third kappa shape index (κ3) is 4.18. The Morgan fingerprint density at radius 2 is 1.66 bits per heavy atom. The Labute approximate surface area is 258 Å². The molecule has 7 nitrogen and oxygen atoms in total. The zero-order chi connectivity index (χ0) is 32.5. The molecular weight excluding hydrogens is 556 g/mol. The van der Waals surface area contributed by atoms with Gasteiger partial charge in [0.2, 0.25) is 5.78 Å². The van der Waals surface area contributed by atoms with Gasteiger partial charge in [0.1, 0.15) is 22.8 Å². The van der Waals surface area contributed by atoms with Crippen LogP contribution in [0.4, 0.5) is 0 Å². The first kappa shape index (κ1) is 31.3. The van der Waals surface area contributed by atoms with Crippen LogP contribution in [0.1, 0.15) is 93.1 Å². The fourth-order valence-electron chi connectivity index (χ4n) is 8.25. The highest BCUT2D eigenvalue weighted by Gasteiger charge is 2.71. The van der Waals surface area contributed by atoms with Gasteiger partial charge in [0.15, 0.2) is 17.2 Å². The van der Waals surface area contributed by atoms with E-state index in [1.165, 1.54) is 5.56 Å². The van der Waals surface area contributed by atoms with Gasteiger partial charge in [-0.25, -0.2) is 0 Å². The predicted octanol–water partition coefficient (Wildman–Crippen LogP) is 5.87. The molecule has 4 atom stereocenters. The molecule has 0 saturated heterocycles. The largest absolute Gasteiger partial charge is 0.511 e. The number of carbonyl (C=O) groups excluding carboxylic acids is 3. The SMILES string of the molecule is CCc1ccc(C#Cc2cc(CC)c3c(c2O)C(=O)C2=C(O)[C@@]4(O)C(=O)C(C(C)=O)=C(O)C(C(C)C)[C@@]4(C)C[C@@]2(C)C3)cc1.